The first-order valence-corrected chi connectivity index (χ1v) is 29.8. The molecule has 1 aliphatic heterocycles. The monoisotopic (exact) mass is 1160 g/mol. The summed E-state index contributed by atoms with van der Waals surface area (Å²) >= 11 is 0. The number of carbonyl (C=O) groups excluding carboxylic acids is 9. The number of hydrogen-bond acceptors (Lipinski definition) is 12. The molecule has 1 saturated carbocycles. The van der Waals surface area contributed by atoms with E-state index in [1.165, 1.54) is 20.0 Å². The van der Waals surface area contributed by atoms with Crippen molar-refractivity contribution < 1.29 is 57.4 Å². The van der Waals surface area contributed by atoms with Crippen molar-refractivity contribution in [2.45, 2.75) is 214 Å². The predicted molar refractivity (Wildman–Crippen MR) is 319 cm³/mol. The van der Waals surface area contributed by atoms with Gasteiger partial charge in [-0.05, 0) is 113 Å². The first-order chi connectivity index (χ1) is 38.9. The van der Waals surface area contributed by atoms with E-state index in [2.05, 4.69) is 42.5 Å². The van der Waals surface area contributed by atoms with Gasteiger partial charge in [0.05, 0.1) is 7.11 Å². The Labute approximate surface area is 493 Å². The Morgan fingerprint density at radius 2 is 0.988 bits per heavy atom. The Balaban J connectivity index is 0.00000341. The second kappa shape index (κ2) is 34.3. The molecule has 8 N–H and O–H groups in total. The van der Waals surface area contributed by atoms with E-state index in [1.54, 1.807) is 74.4 Å². The van der Waals surface area contributed by atoms with Crippen LogP contribution in [-0.4, -0.2) is 128 Å². The lowest BCUT2D eigenvalue weighted by molar-refractivity contribution is -0.146. The molecule has 464 valence electrons. The Hall–Kier alpha value is -6.57. The van der Waals surface area contributed by atoms with E-state index < -0.39 is 112 Å². The quantitative estimate of drug-likeness (QED) is 0.0424. The van der Waals surface area contributed by atoms with Gasteiger partial charge < -0.3 is 56.7 Å². The molecule has 2 aromatic carbocycles. The van der Waals surface area contributed by atoms with Crippen LogP contribution in [0, 0.1) is 29.1 Å². The van der Waals surface area contributed by atoms with Crippen LogP contribution < -0.4 is 42.5 Å². The molecule has 1 saturated heterocycles. The topological polar surface area (TPSA) is 278 Å². The molecule has 0 bridgehead atoms. The Morgan fingerprint density at radius 3 is 1.40 bits per heavy atom. The third-order valence-corrected chi connectivity index (χ3v) is 14.5. The Bertz CT molecular complexity index is 2390. The maximum atomic E-state index is 14.3. The van der Waals surface area contributed by atoms with E-state index in [0.717, 1.165) is 43.6 Å². The molecule has 20 nitrogen and oxygen atoms in total. The second-order valence-corrected chi connectivity index (χ2v) is 25.4. The smallest absolute Gasteiger partial charge is 0.408 e. The van der Waals surface area contributed by atoms with E-state index in [-0.39, 0.29) is 56.4 Å². The molecule has 0 aromatic heterocycles. The van der Waals surface area contributed by atoms with Crippen molar-refractivity contribution in [2.24, 2.45) is 29.1 Å². The van der Waals surface area contributed by atoms with Crippen LogP contribution in [0.4, 0.5) is 4.79 Å². The zero-order chi connectivity index (χ0) is 62.1. The molecule has 4 rings (SSSR count). The van der Waals surface area contributed by atoms with Crippen LogP contribution in [0.3, 0.4) is 0 Å². The van der Waals surface area contributed by atoms with Gasteiger partial charge in [-0.1, -0.05) is 135 Å². The lowest BCUT2D eigenvalue weighted by Gasteiger charge is -2.38. The molecule has 2 fully saturated rings. The molecule has 20 heteroatoms. The molecule has 6 atom stereocenters. The number of carbonyl (C=O) groups is 9. The highest BCUT2D eigenvalue weighted by atomic mass is 16.6. The molecule has 2 aliphatic rings. The minimum Gasteiger partial charge on any atom is -0.467 e. The number of ether oxygens (including phenoxy) is 3. The summed E-state index contributed by atoms with van der Waals surface area (Å²) in [5.74, 6) is -5.40. The SMILES string of the molecule is C1CCOC1.COC(=O)[C@@H](NC(=O)[C@H](Cc1ccccc1)NC(=O)[C@H](CC(C)C)NC(=O)CC1(CNC(=O)C(C)(C)NC(=O)[C@@H](NC(=O)[C@H](Cc2ccccc2)NC(=O)[C@H](CC(C)C)NC(=O)OC(C)(C)C)C(C)C)CCCCC1)C(C)C. The molecule has 1 aliphatic carbocycles. The van der Waals surface area contributed by atoms with Crippen molar-refractivity contribution in [1.29, 1.82) is 0 Å². The minimum atomic E-state index is -1.50. The van der Waals surface area contributed by atoms with Crippen LogP contribution in [0.5, 0.6) is 0 Å². The maximum absolute atomic E-state index is 14.3. The van der Waals surface area contributed by atoms with E-state index in [4.69, 9.17) is 14.2 Å². The Kier molecular flexibility index (Phi) is 29.2. The van der Waals surface area contributed by atoms with Gasteiger partial charge in [0.15, 0.2) is 0 Å². The summed E-state index contributed by atoms with van der Waals surface area (Å²) in [5.41, 5.74) is -1.50. The van der Waals surface area contributed by atoms with Crippen LogP contribution in [0.2, 0.25) is 0 Å². The van der Waals surface area contributed by atoms with Crippen molar-refractivity contribution in [2.75, 3.05) is 26.9 Å². The average molecular weight is 1160 g/mol. The second-order valence-electron chi connectivity index (χ2n) is 25.4. The minimum absolute atomic E-state index is 0.0114. The zero-order valence-electron chi connectivity index (χ0n) is 52.1. The average Bonchev–Trinajstić information content (AvgIpc) is 4.11. The first kappa shape index (κ1) is 70.7. The van der Waals surface area contributed by atoms with Crippen molar-refractivity contribution in [1.82, 2.24) is 42.5 Å². The fourth-order valence-electron chi connectivity index (χ4n) is 9.93. The molecule has 2 aromatic rings. The van der Waals surface area contributed by atoms with E-state index in [9.17, 15) is 43.2 Å². The number of hydrogen-bond donors (Lipinski definition) is 8. The number of amides is 8. The number of esters is 1. The summed E-state index contributed by atoms with van der Waals surface area (Å²) in [7, 11) is 1.24. The lowest BCUT2D eigenvalue weighted by Crippen LogP contribution is -2.62. The molecule has 0 unspecified atom stereocenters. The van der Waals surface area contributed by atoms with Gasteiger partial charge in [-0.3, -0.25) is 33.6 Å². The fourth-order valence-corrected chi connectivity index (χ4v) is 9.93. The molecule has 8 amide bonds. The van der Waals surface area contributed by atoms with E-state index >= 15 is 0 Å². The normalized spacial score (nSPS) is 16.3. The zero-order valence-corrected chi connectivity index (χ0v) is 52.1. The summed E-state index contributed by atoms with van der Waals surface area (Å²) in [6.45, 7) is 25.0. The van der Waals surface area contributed by atoms with Gasteiger partial charge >= 0.3 is 12.1 Å². The van der Waals surface area contributed by atoms with Gasteiger partial charge in [-0.15, -0.1) is 0 Å². The summed E-state index contributed by atoms with van der Waals surface area (Å²) in [5, 5.41) is 22.7. The molecule has 0 radical (unpaired) electrons. The number of methoxy groups -OCH3 is 1. The van der Waals surface area contributed by atoms with Crippen LogP contribution in [0.15, 0.2) is 60.7 Å². The number of nitrogens with one attached hydrogen (secondary N) is 8. The van der Waals surface area contributed by atoms with Crippen LogP contribution in [0.1, 0.15) is 165 Å². The fraction of sp³-hybridized carbons (Fsp3) is 0.667. The summed E-state index contributed by atoms with van der Waals surface area (Å²) in [4.78, 5) is 124. The van der Waals surface area contributed by atoms with E-state index in [0.29, 0.717) is 12.8 Å². The maximum Gasteiger partial charge on any atom is 0.408 e. The summed E-state index contributed by atoms with van der Waals surface area (Å²) in [6.07, 6.45) is 6.24. The van der Waals surface area contributed by atoms with Gasteiger partial charge in [-0.2, -0.15) is 0 Å². The summed E-state index contributed by atoms with van der Waals surface area (Å²) in [6, 6.07) is 11.8. The predicted octanol–water partition coefficient (Wildman–Crippen LogP) is 6.51. The van der Waals surface area contributed by atoms with E-state index in [1.807, 2.05) is 76.2 Å². The van der Waals surface area contributed by atoms with Crippen molar-refractivity contribution in [3.05, 3.63) is 71.8 Å². The van der Waals surface area contributed by atoms with Crippen molar-refractivity contribution >= 4 is 53.4 Å². The van der Waals surface area contributed by atoms with Gasteiger partial charge in [0.25, 0.3) is 0 Å². The highest BCUT2D eigenvalue weighted by Crippen LogP contribution is 2.39. The lowest BCUT2D eigenvalue weighted by atomic mass is 9.71. The van der Waals surface area contributed by atoms with Crippen molar-refractivity contribution in [3.8, 4) is 0 Å². The van der Waals surface area contributed by atoms with Gasteiger partial charge in [0.2, 0.25) is 41.4 Å². The third kappa shape index (κ3) is 25.9. The third-order valence-electron chi connectivity index (χ3n) is 14.5. The Morgan fingerprint density at radius 1 is 0.542 bits per heavy atom. The van der Waals surface area contributed by atoms with Crippen molar-refractivity contribution in [3.63, 3.8) is 0 Å². The van der Waals surface area contributed by atoms with Gasteiger partial charge in [0.1, 0.15) is 47.4 Å². The largest absolute Gasteiger partial charge is 0.467 e. The van der Waals surface area contributed by atoms with Gasteiger partial charge in [0, 0.05) is 39.0 Å². The molecule has 1 heterocycles. The van der Waals surface area contributed by atoms with Crippen LogP contribution >= 0.6 is 0 Å². The van der Waals surface area contributed by atoms with Crippen LogP contribution in [-0.2, 0) is 65.4 Å². The highest BCUT2D eigenvalue weighted by Gasteiger charge is 2.41. The number of rotatable bonds is 28. The van der Waals surface area contributed by atoms with Crippen LogP contribution in [0.25, 0.3) is 0 Å². The summed E-state index contributed by atoms with van der Waals surface area (Å²) < 4.78 is 15.3. The molecular formula is C63H100N8O12. The molecule has 0 spiro atoms. The highest BCUT2D eigenvalue weighted by molar-refractivity contribution is 5.97. The standard InChI is InChI=1S/C59H92N8O11.C4H8O/c1-36(2)30-42(49(69)62-45(33-41-26-20-16-21-27-41)52(72)66-48(39(7)8)54(74)77-14)61-46(68)34-59(28-22-17-23-29-59)35-60-55(75)58(12,13)67-53(73)47(38(5)6)65-51(71)44(32-40-24-18-15-19-25-40)63-50(70)43(31-37(3)4)64-56(76)78-57(9,10)11;1-2-4-5-3-1/h15-16,18-21,24-27,36-39,42-45,47-48H,17,22-23,28-35H2,1-14H3,(H,60,75)(H,61,68)(H,62,69)(H,63,70)(H,64,76)(H,65,71)(H,66,72)(H,67,73);1-4H2/t42-,43-,44-,45-,47-,48-;/m0./s1. The number of benzene rings is 2. The number of alkyl carbamates (subject to hydrolysis) is 1. The molecular weight excluding hydrogens is 1060 g/mol. The first-order valence-electron chi connectivity index (χ1n) is 29.8. The van der Waals surface area contributed by atoms with Gasteiger partial charge in [-0.25, -0.2) is 9.59 Å². The molecule has 83 heavy (non-hydrogen) atoms.